The van der Waals surface area contributed by atoms with Gasteiger partial charge in [0.25, 0.3) is 5.91 Å². The van der Waals surface area contributed by atoms with E-state index in [2.05, 4.69) is 20.1 Å². The summed E-state index contributed by atoms with van der Waals surface area (Å²) < 4.78 is 11.1. The minimum atomic E-state index is -0.225. The zero-order valence-electron chi connectivity index (χ0n) is 16.3. The first-order chi connectivity index (χ1) is 14.2. The van der Waals surface area contributed by atoms with E-state index in [9.17, 15) is 4.79 Å². The zero-order valence-corrected chi connectivity index (χ0v) is 16.3. The maximum absolute atomic E-state index is 12.8. The topological polar surface area (TPSA) is 94.2 Å². The molecule has 1 atom stereocenters. The number of benzene rings is 1. The third kappa shape index (κ3) is 4.65. The molecule has 1 fully saturated rings. The average molecular weight is 393 g/mol. The molecule has 1 aliphatic heterocycles. The molecule has 2 aromatic heterocycles. The van der Waals surface area contributed by atoms with Crippen LogP contribution < -0.4 is 0 Å². The molecule has 1 aliphatic rings. The average Bonchev–Trinajstić information content (AvgIpc) is 3.41. The number of aryl methyl sites for hydroxylation is 1. The molecule has 1 unspecified atom stereocenters. The molecule has 4 rings (SSSR count). The van der Waals surface area contributed by atoms with Gasteiger partial charge >= 0.3 is 0 Å². The predicted molar refractivity (Wildman–Crippen MR) is 104 cm³/mol. The molecule has 1 aromatic carbocycles. The van der Waals surface area contributed by atoms with Gasteiger partial charge in [-0.05, 0) is 25.3 Å². The Bertz CT molecular complexity index is 942. The molecule has 0 N–H and O–H groups in total. The molecule has 0 radical (unpaired) electrons. The lowest BCUT2D eigenvalue weighted by Gasteiger charge is -2.21. The molecular formula is C21H23N5O3. The molecule has 0 spiro atoms. The van der Waals surface area contributed by atoms with Crippen LogP contribution in [0.5, 0.6) is 0 Å². The van der Waals surface area contributed by atoms with E-state index in [1.165, 1.54) is 6.20 Å². The Morgan fingerprint density at radius 3 is 2.90 bits per heavy atom. The summed E-state index contributed by atoms with van der Waals surface area (Å²) in [6, 6.07) is 9.78. The summed E-state index contributed by atoms with van der Waals surface area (Å²) in [5.74, 6) is 0.891. The van der Waals surface area contributed by atoms with Crippen LogP contribution in [0.4, 0.5) is 0 Å². The van der Waals surface area contributed by atoms with Gasteiger partial charge in [0.05, 0.1) is 25.1 Å². The van der Waals surface area contributed by atoms with E-state index >= 15 is 0 Å². The molecule has 3 aromatic rings. The summed E-state index contributed by atoms with van der Waals surface area (Å²) >= 11 is 0. The summed E-state index contributed by atoms with van der Waals surface area (Å²) in [7, 11) is 0. The van der Waals surface area contributed by atoms with Gasteiger partial charge in [-0.15, -0.1) is 0 Å². The minimum Gasteiger partial charge on any atom is -0.376 e. The van der Waals surface area contributed by atoms with E-state index in [1.54, 1.807) is 11.1 Å². The lowest BCUT2D eigenvalue weighted by atomic mass is 10.2. The number of aromatic nitrogens is 4. The highest BCUT2D eigenvalue weighted by Crippen LogP contribution is 2.31. The van der Waals surface area contributed by atoms with E-state index in [4.69, 9.17) is 9.26 Å². The highest BCUT2D eigenvalue weighted by atomic mass is 16.5. The van der Waals surface area contributed by atoms with Crippen molar-refractivity contribution in [2.45, 2.75) is 38.8 Å². The van der Waals surface area contributed by atoms with Crippen LogP contribution in [0.15, 0.2) is 47.2 Å². The molecule has 1 amide bonds. The monoisotopic (exact) mass is 393 g/mol. The van der Waals surface area contributed by atoms with Gasteiger partial charge in [-0.1, -0.05) is 35.5 Å². The minimum absolute atomic E-state index is 0.161. The Balaban J connectivity index is 1.34. The number of nitrogens with zero attached hydrogens (tertiary/aromatic N) is 5. The van der Waals surface area contributed by atoms with Gasteiger partial charge in [-0.25, -0.2) is 4.98 Å². The van der Waals surface area contributed by atoms with E-state index in [-0.39, 0.29) is 11.9 Å². The Morgan fingerprint density at radius 1 is 1.24 bits per heavy atom. The molecule has 1 saturated heterocycles. The molecule has 0 saturated carbocycles. The standard InChI is InChI=1S/C21H23N5O3/c1-15-12-23-17(13-22-15)21(27)26-10-5-8-18(26)20-24-19(25-29-20)9-11-28-14-16-6-3-2-4-7-16/h2-4,6-7,12-13,18H,5,8-11,14H2,1H3. The number of hydrogen-bond donors (Lipinski definition) is 0. The van der Waals surface area contributed by atoms with Gasteiger partial charge < -0.3 is 14.2 Å². The van der Waals surface area contributed by atoms with Crippen molar-refractivity contribution in [3.05, 3.63) is 71.4 Å². The van der Waals surface area contributed by atoms with Crippen LogP contribution in [0.25, 0.3) is 0 Å². The van der Waals surface area contributed by atoms with Crippen molar-refractivity contribution in [3.8, 4) is 0 Å². The normalized spacial score (nSPS) is 16.3. The van der Waals surface area contributed by atoms with Crippen molar-refractivity contribution in [2.75, 3.05) is 13.2 Å². The molecular weight excluding hydrogens is 370 g/mol. The van der Waals surface area contributed by atoms with Gasteiger partial charge in [0.2, 0.25) is 5.89 Å². The second-order valence-electron chi connectivity index (χ2n) is 7.04. The SMILES string of the molecule is Cc1cnc(C(=O)N2CCCC2c2nc(CCOCc3ccccc3)no2)cn1. The smallest absolute Gasteiger partial charge is 0.274 e. The summed E-state index contributed by atoms with van der Waals surface area (Å²) in [4.78, 5) is 27.4. The van der Waals surface area contributed by atoms with E-state index in [0.717, 1.165) is 24.1 Å². The maximum Gasteiger partial charge on any atom is 0.274 e. The molecule has 8 nitrogen and oxygen atoms in total. The Hall–Kier alpha value is -3.13. The Kier molecular flexibility index (Phi) is 5.90. The van der Waals surface area contributed by atoms with Crippen LogP contribution in [0.1, 0.15) is 52.3 Å². The molecule has 0 aliphatic carbocycles. The van der Waals surface area contributed by atoms with Crippen molar-refractivity contribution in [2.24, 2.45) is 0 Å². The summed E-state index contributed by atoms with van der Waals surface area (Å²) in [6.45, 7) is 3.52. The number of rotatable bonds is 7. The van der Waals surface area contributed by atoms with Crippen LogP contribution >= 0.6 is 0 Å². The number of ether oxygens (including phenoxy) is 1. The van der Waals surface area contributed by atoms with E-state index in [0.29, 0.717) is 43.6 Å². The van der Waals surface area contributed by atoms with Crippen LogP contribution in [-0.4, -0.2) is 44.1 Å². The number of carbonyl (C=O) groups is 1. The molecule has 150 valence electrons. The van der Waals surface area contributed by atoms with Crippen molar-refractivity contribution in [1.29, 1.82) is 0 Å². The fraction of sp³-hybridized carbons (Fsp3) is 0.381. The third-order valence-electron chi connectivity index (χ3n) is 4.86. The van der Waals surface area contributed by atoms with Crippen molar-refractivity contribution >= 4 is 5.91 Å². The molecule has 0 bridgehead atoms. The Morgan fingerprint density at radius 2 is 2.10 bits per heavy atom. The van der Waals surface area contributed by atoms with Gasteiger partial charge in [0.15, 0.2) is 5.82 Å². The zero-order chi connectivity index (χ0) is 20.1. The van der Waals surface area contributed by atoms with Gasteiger partial charge in [0, 0.05) is 19.2 Å². The maximum atomic E-state index is 12.8. The van der Waals surface area contributed by atoms with Gasteiger partial charge in [-0.3, -0.25) is 9.78 Å². The second-order valence-corrected chi connectivity index (χ2v) is 7.04. The summed E-state index contributed by atoms with van der Waals surface area (Å²) in [5.41, 5.74) is 2.23. The van der Waals surface area contributed by atoms with Crippen molar-refractivity contribution in [1.82, 2.24) is 25.0 Å². The van der Waals surface area contributed by atoms with E-state index < -0.39 is 0 Å². The van der Waals surface area contributed by atoms with Crippen molar-refractivity contribution < 1.29 is 14.1 Å². The highest BCUT2D eigenvalue weighted by molar-refractivity contribution is 5.92. The molecule has 8 heteroatoms. The first-order valence-electron chi connectivity index (χ1n) is 9.74. The fourth-order valence-corrected chi connectivity index (χ4v) is 3.35. The van der Waals surface area contributed by atoms with Crippen LogP contribution in [0.2, 0.25) is 0 Å². The van der Waals surface area contributed by atoms with E-state index in [1.807, 2.05) is 37.3 Å². The quantitative estimate of drug-likeness (QED) is 0.570. The van der Waals surface area contributed by atoms with Crippen molar-refractivity contribution in [3.63, 3.8) is 0 Å². The van der Waals surface area contributed by atoms with Crippen LogP contribution in [-0.2, 0) is 17.8 Å². The fourth-order valence-electron chi connectivity index (χ4n) is 3.35. The lowest BCUT2D eigenvalue weighted by molar-refractivity contribution is 0.0703. The Labute approximate surface area is 168 Å². The van der Waals surface area contributed by atoms with Gasteiger partial charge in [-0.2, -0.15) is 4.98 Å². The summed E-state index contributed by atoms with van der Waals surface area (Å²) in [5, 5.41) is 4.05. The van der Waals surface area contributed by atoms with Crippen LogP contribution in [0.3, 0.4) is 0 Å². The second kappa shape index (κ2) is 8.91. The first-order valence-corrected chi connectivity index (χ1v) is 9.74. The highest BCUT2D eigenvalue weighted by Gasteiger charge is 2.35. The first kappa shape index (κ1) is 19.2. The van der Waals surface area contributed by atoms with Gasteiger partial charge in [0.1, 0.15) is 11.7 Å². The summed E-state index contributed by atoms with van der Waals surface area (Å²) in [6.07, 6.45) is 5.33. The number of carbonyl (C=O) groups excluding carboxylic acids is 1. The number of amides is 1. The third-order valence-corrected chi connectivity index (χ3v) is 4.86. The molecule has 29 heavy (non-hydrogen) atoms. The van der Waals surface area contributed by atoms with Crippen LogP contribution in [0, 0.1) is 6.92 Å². The predicted octanol–water partition coefficient (Wildman–Crippen LogP) is 2.90. The number of hydrogen-bond acceptors (Lipinski definition) is 7. The number of likely N-dealkylation sites (tertiary alicyclic amines) is 1. The molecule has 3 heterocycles. The largest absolute Gasteiger partial charge is 0.376 e. The lowest BCUT2D eigenvalue weighted by Crippen LogP contribution is -2.31.